The molecule has 2 aromatic rings. The van der Waals surface area contributed by atoms with Crippen LogP contribution in [0.1, 0.15) is 37.0 Å². The summed E-state index contributed by atoms with van der Waals surface area (Å²) in [4.78, 5) is 26.4. The standard InChI is InChI=1S/C23H25NO5/c1-27-20-12-9-18(10-13-20)11-14-23(26)29-17-22(25)24(16-21-8-5-15-28-21)19-6-3-2-4-7-19/h5-6,8-15H,2-4,7,16-17H2,1H3/b14-11+. The molecular weight excluding hydrogens is 370 g/mol. The SMILES string of the molecule is COc1ccc(/C=C/C(=O)OCC(=O)N(Cc2ccco2)C2=CCCCC2)cc1. The molecule has 29 heavy (non-hydrogen) atoms. The molecule has 1 aliphatic rings. The highest BCUT2D eigenvalue weighted by molar-refractivity contribution is 5.89. The van der Waals surface area contributed by atoms with Crippen molar-refractivity contribution in [1.82, 2.24) is 4.90 Å². The molecule has 6 nitrogen and oxygen atoms in total. The van der Waals surface area contributed by atoms with Gasteiger partial charge >= 0.3 is 5.97 Å². The van der Waals surface area contributed by atoms with Gasteiger partial charge in [0.2, 0.25) is 0 Å². The lowest BCUT2D eigenvalue weighted by molar-refractivity contribution is -0.147. The summed E-state index contributed by atoms with van der Waals surface area (Å²) < 4.78 is 15.6. The number of allylic oxidation sites excluding steroid dienone is 2. The highest BCUT2D eigenvalue weighted by atomic mass is 16.5. The van der Waals surface area contributed by atoms with Crippen LogP contribution in [0.2, 0.25) is 0 Å². The van der Waals surface area contributed by atoms with Crippen molar-refractivity contribution in [3.05, 3.63) is 71.8 Å². The largest absolute Gasteiger partial charge is 0.497 e. The molecule has 6 heteroatoms. The summed E-state index contributed by atoms with van der Waals surface area (Å²) in [5.41, 5.74) is 1.79. The van der Waals surface area contributed by atoms with Crippen molar-refractivity contribution in [2.45, 2.75) is 32.2 Å². The molecule has 1 heterocycles. The minimum atomic E-state index is -0.565. The van der Waals surface area contributed by atoms with E-state index in [4.69, 9.17) is 13.9 Å². The van der Waals surface area contributed by atoms with Crippen molar-refractivity contribution in [2.24, 2.45) is 0 Å². The molecule has 0 aliphatic heterocycles. The van der Waals surface area contributed by atoms with Crippen LogP contribution in [0.4, 0.5) is 0 Å². The van der Waals surface area contributed by atoms with Crippen LogP contribution in [0.25, 0.3) is 6.08 Å². The molecule has 0 bridgehead atoms. The summed E-state index contributed by atoms with van der Waals surface area (Å²) in [6.45, 7) is 0.0146. The topological polar surface area (TPSA) is 69.0 Å². The van der Waals surface area contributed by atoms with Crippen LogP contribution < -0.4 is 4.74 Å². The third kappa shape index (κ3) is 6.10. The molecule has 3 rings (SSSR count). The number of amides is 1. The molecular formula is C23H25NO5. The van der Waals surface area contributed by atoms with Crippen LogP contribution in [-0.2, 0) is 20.9 Å². The van der Waals surface area contributed by atoms with E-state index >= 15 is 0 Å². The fraction of sp³-hybridized carbons (Fsp3) is 0.304. The van der Waals surface area contributed by atoms with E-state index < -0.39 is 5.97 Å². The van der Waals surface area contributed by atoms with Crippen molar-refractivity contribution < 1.29 is 23.5 Å². The Morgan fingerprint density at radius 1 is 1.17 bits per heavy atom. The summed E-state index contributed by atoms with van der Waals surface area (Å²) in [7, 11) is 1.60. The maximum Gasteiger partial charge on any atom is 0.331 e. The Hall–Kier alpha value is -3.28. The third-order valence-electron chi connectivity index (χ3n) is 4.67. The molecule has 1 aromatic heterocycles. The first-order chi connectivity index (χ1) is 14.2. The van der Waals surface area contributed by atoms with Gasteiger partial charge in [-0.1, -0.05) is 18.2 Å². The van der Waals surface area contributed by atoms with Crippen LogP contribution in [-0.4, -0.2) is 30.5 Å². The third-order valence-corrected chi connectivity index (χ3v) is 4.67. The molecule has 0 unspecified atom stereocenters. The zero-order valence-corrected chi connectivity index (χ0v) is 16.5. The molecule has 152 valence electrons. The van der Waals surface area contributed by atoms with Crippen LogP contribution >= 0.6 is 0 Å². The number of esters is 1. The molecule has 0 atom stereocenters. The van der Waals surface area contributed by atoms with E-state index in [2.05, 4.69) is 6.08 Å². The van der Waals surface area contributed by atoms with E-state index in [1.54, 1.807) is 42.5 Å². The number of furan rings is 1. The number of hydrogen-bond acceptors (Lipinski definition) is 5. The zero-order chi connectivity index (χ0) is 20.5. The van der Waals surface area contributed by atoms with Gasteiger partial charge in [0.05, 0.1) is 19.9 Å². The van der Waals surface area contributed by atoms with Gasteiger partial charge in [-0.15, -0.1) is 0 Å². The van der Waals surface area contributed by atoms with Gasteiger partial charge in [0.15, 0.2) is 6.61 Å². The number of hydrogen-bond donors (Lipinski definition) is 0. The van der Waals surface area contributed by atoms with E-state index in [-0.39, 0.29) is 12.5 Å². The van der Waals surface area contributed by atoms with Crippen LogP contribution in [0.15, 0.2) is 64.9 Å². The second-order valence-electron chi connectivity index (χ2n) is 6.71. The van der Waals surface area contributed by atoms with E-state index in [0.29, 0.717) is 12.3 Å². The first kappa shape index (κ1) is 20.5. The predicted octanol–water partition coefficient (Wildman–Crippen LogP) is 4.33. The minimum absolute atomic E-state index is 0.263. The zero-order valence-electron chi connectivity index (χ0n) is 16.5. The number of benzene rings is 1. The molecule has 0 fully saturated rings. The Morgan fingerprint density at radius 3 is 2.66 bits per heavy atom. The summed E-state index contributed by atoms with van der Waals surface area (Å²) in [6.07, 6.45) is 10.5. The highest BCUT2D eigenvalue weighted by Gasteiger charge is 2.21. The lowest BCUT2D eigenvalue weighted by Crippen LogP contribution is -2.34. The number of carbonyl (C=O) groups is 2. The highest BCUT2D eigenvalue weighted by Crippen LogP contribution is 2.23. The fourth-order valence-electron chi connectivity index (χ4n) is 3.11. The quantitative estimate of drug-likeness (QED) is 0.491. The number of methoxy groups -OCH3 is 1. The molecule has 0 saturated heterocycles. The Labute approximate surface area is 170 Å². The second kappa shape index (κ2) is 10.3. The lowest BCUT2D eigenvalue weighted by atomic mass is 10.0. The molecule has 1 aliphatic carbocycles. The maximum atomic E-state index is 12.7. The molecule has 1 amide bonds. The monoisotopic (exact) mass is 395 g/mol. The van der Waals surface area contributed by atoms with Crippen LogP contribution in [0.5, 0.6) is 5.75 Å². The van der Waals surface area contributed by atoms with Gasteiger partial charge in [0, 0.05) is 11.8 Å². The first-order valence-electron chi connectivity index (χ1n) is 9.66. The van der Waals surface area contributed by atoms with Crippen molar-refractivity contribution in [2.75, 3.05) is 13.7 Å². The van der Waals surface area contributed by atoms with Crippen molar-refractivity contribution in [3.63, 3.8) is 0 Å². The number of nitrogens with zero attached hydrogens (tertiary/aromatic N) is 1. The van der Waals surface area contributed by atoms with Crippen LogP contribution in [0.3, 0.4) is 0 Å². The Morgan fingerprint density at radius 2 is 2.00 bits per heavy atom. The second-order valence-corrected chi connectivity index (χ2v) is 6.71. The van der Waals surface area contributed by atoms with Gasteiger partial charge < -0.3 is 18.8 Å². The smallest absolute Gasteiger partial charge is 0.331 e. The molecule has 0 N–H and O–H groups in total. The molecule has 0 saturated carbocycles. The van der Waals surface area contributed by atoms with Gasteiger partial charge in [-0.3, -0.25) is 4.79 Å². The Balaban J connectivity index is 1.57. The number of rotatable bonds is 8. The minimum Gasteiger partial charge on any atom is -0.497 e. The normalized spacial score (nSPS) is 13.8. The summed E-state index contributed by atoms with van der Waals surface area (Å²) in [5.74, 6) is 0.602. The lowest BCUT2D eigenvalue weighted by Gasteiger charge is -2.26. The molecule has 0 spiro atoms. The van der Waals surface area contributed by atoms with E-state index in [9.17, 15) is 9.59 Å². The van der Waals surface area contributed by atoms with Crippen molar-refractivity contribution >= 4 is 18.0 Å². The fourth-order valence-corrected chi connectivity index (χ4v) is 3.11. The van der Waals surface area contributed by atoms with Crippen LogP contribution in [0, 0.1) is 0 Å². The maximum absolute atomic E-state index is 12.7. The van der Waals surface area contributed by atoms with E-state index in [1.807, 2.05) is 18.2 Å². The average molecular weight is 395 g/mol. The van der Waals surface area contributed by atoms with Gasteiger partial charge in [-0.25, -0.2) is 4.79 Å². The van der Waals surface area contributed by atoms with Gasteiger partial charge in [-0.2, -0.15) is 0 Å². The van der Waals surface area contributed by atoms with Gasteiger partial charge in [-0.05, 0) is 61.6 Å². The predicted molar refractivity (Wildman–Crippen MR) is 109 cm³/mol. The van der Waals surface area contributed by atoms with Gasteiger partial charge in [0.1, 0.15) is 11.5 Å². The number of carbonyl (C=O) groups excluding carboxylic acids is 2. The number of ether oxygens (including phenoxy) is 2. The van der Waals surface area contributed by atoms with E-state index in [1.165, 1.54) is 6.08 Å². The first-order valence-corrected chi connectivity index (χ1v) is 9.66. The Kier molecular flexibility index (Phi) is 7.28. The van der Waals surface area contributed by atoms with Crippen molar-refractivity contribution in [3.8, 4) is 5.75 Å². The van der Waals surface area contributed by atoms with Gasteiger partial charge in [0.25, 0.3) is 5.91 Å². The average Bonchev–Trinajstić information content (AvgIpc) is 3.28. The Bertz CT molecular complexity index is 865. The van der Waals surface area contributed by atoms with Crippen molar-refractivity contribution in [1.29, 1.82) is 0 Å². The summed E-state index contributed by atoms with van der Waals surface area (Å²) in [6, 6.07) is 10.9. The van der Waals surface area contributed by atoms with E-state index in [0.717, 1.165) is 42.7 Å². The molecule has 1 aromatic carbocycles. The summed E-state index contributed by atoms with van der Waals surface area (Å²) >= 11 is 0. The molecule has 0 radical (unpaired) electrons. The summed E-state index contributed by atoms with van der Waals surface area (Å²) in [5, 5.41) is 0.